The highest BCUT2D eigenvalue weighted by molar-refractivity contribution is 5.78. The average molecular weight is 348 g/mol. The van der Waals surface area contributed by atoms with E-state index in [0.29, 0.717) is 6.54 Å². The lowest BCUT2D eigenvalue weighted by atomic mass is 9.84. The topological polar surface area (TPSA) is 43.8 Å². The number of hydrogen-bond acceptors (Lipinski definition) is 3. The Bertz CT molecular complexity index is 587. The molecule has 2 aliphatic rings. The Labute approximate surface area is 149 Å². The van der Waals surface area contributed by atoms with Gasteiger partial charge in [0.1, 0.15) is 5.82 Å². The predicted molar refractivity (Wildman–Crippen MR) is 95.8 cm³/mol. The van der Waals surface area contributed by atoms with Crippen molar-refractivity contribution < 1.29 is 14.3 Å². The third-order valence-corrected chi connectivity index (χ3v) is 5.49. The molecule has 0 spiro atoms. The van der Waals surface area contributed by atoms with Gasteiger partial charge in [0.25, 0.3) is 0 Å². The van der Waals surface area contributed by atoms with E-state index in [9.17, 15) is 14.3 Å². The number of halogens is 1. The zero-order chi connectivity index (χ0) is 17.7. The van der Waals surface area contributed by atoms with Gasteiger partial charge in [-0.2, -0.15) is 0 Å². The number of rotatable bonds is 4. The van der Waals surface area contributed by atoms with Crippen LogP contribution in [0.1, 0.15) is 44.1 Å². The van der Waals surface area contributed by atoms with Crippen molar-refractivity contribution in [2.75, 3.05) is 32.7 Å². The van der Waals surface area contributed by atoms with Crippen molar-refractivity contribution in [1.29, 1.82) is 0 Å². The van der Waals surface area contributed by atoms with E-state index in [-0.39, 0.29) is 18.1 Å². The number of amides is 1. The number of carbonyl (C=O) groups excluding carboxylic acids is 1. The van der Waals surface area contributed by atoms with Crippen molar-refractivity contribution in [3.63, 3.8) is 0 Å². The van der Waals surface area contributed by atoms with Crippen LogP contribution in [0.25, 0.3) is 0 Å². The van der Waals surface area contributed by atoms with E-state index in [1.165, 1.54) is 18.6 Å². The molecule has 0 unspecified atom stereocenters. The summed E-state index contributed by atoms with van der Waals surface area (Å²) >= 11 is 0. The zero-order valence-electron chi connectivity index (χ0n) is 14.9. The highest BCUT2D eigenvalue weighted by Gasteiger charge is 2.32. The Hall–Kier alpha value is -1.46. The molecule has 1 aromatic carbocycles. The maximum Gasteiger partial charge on any atom is 0.227 e. The molecular weight excluding hydrogens is 319 g/mol. The first-order valence-electron chi connectivity index (χ1n) is 9.51. The molecule has 1 saturated carbocycles. The summed E-state index contributed by atoms with van der Waals surface area (Å²) in [5.41, 5.74) is 0.182. The van der Waals surface area contributed by atoms with E-state index in [1.54, 1.807) is 12.1 Å². The summed E-state index contributed by atoms with van der Waals surface area (Å²) in [4.78, 5) is 16.7. The fourth-order valence-electron chi connectivity index (χ4n) is 4.10. The fourth-order valence-corrected chi connectivity index (χ4v) is 4.10. The summed E-state index contributed by atoms with van der Waals surface area (Å²) in [6, 6.07) is 6.27. The zero-order valence-corrected chi connectivity index (χ0v) is 14.9. The molecule has 4 nitrogen and oxygen atoms in total. The monoisotopic (exact) mass is 348 g/mol. The minimum Gasteiger partial charge on any atom is -0.389 e. The molecule has 1 amide bonds. The molecule has 1 heterocycles. The summed E-state index contributed by atoms with van der Waals surface area (Å²) in [6.07, 6.45) is 6.42. The van der Waals surface area contributed by atoms with Crippen molar-refractivity contribution in [2.24, 2.45) is 0 Å². The minimum absolute atomic E-state index is 0.0591. The van der Waals surface area contributed by atoms with Crippen LogP contribution in [-0.4, -0.2) is 59.1 Å². The molecule has 0 bridgehead atoms. The second-order valence-electron chi connectivity index (χ2n) is 7.60. The molecule has 3 rings (SSSR count). The number of aliphatic hydroxyl groups is 1. The van der Waals surface area contributed by atoms with E-state index < -0.39 is 5.60 Å². The molecule has 5 heteroatoms. The molecule has 1 aromatic rings. The van der Waals surface area contributed by atoms with E-state index in [4.69, 9.17) is 0 Å². The molecule has 138 valence electrons. The maximum atomic E-state index is 13.3. The van der Waals surface area contributed by atoms with Gasteiger partial charge in [-0.25, -0.2) is 4.39 Å². The Morgan fingerprint density at radius 1 is 1.08 bits per heavy atom. The Morgan fingerprint density at radius 3 is 2.64 bits per heavy atom. The fraction of sp³-hybridized carbons (Fsp3) is 0.650. The second kappa shape index (κ2) is 8.28. The normalized spacial score (nSPS) is 21.8. The van der Waals surface area contributed by atoms with Crippen LogP contribution in [0.4, 0.5) is 4.39 Å². The molecule has 0 radical (unpaired) electrons. The van der Waals surface area contributed by atoms with E-state index >= 15 is 0 Å². The van der Waals surface area contributed by atoms with Crippen LogP contribution in [0, 0.1) is 5.82 Å². The third kappa shape index (κ3) is 5.25. The highest BCUT2D eigenvalue weighted by atomic mass is 19.1. The Balaban J connectivity index is 1.51. The molecule has 1 saturated heterocycles. The van der Waals surface area contributed by atoms with Crippen LogP contribution in [0.3, 0.4) is 0 Å². The van der Waals surface area contributed by atoms with Gasteiger partial charge in [-0.05, 0) is 37.0 Å². The Kier molecular flexibility index (Phi) is 6.07. The lowest BCUT2D eigenvalue weighted by Gasteiger charge is -2.36. The Morgan fingerprint density at radius 2 is 1.88 bits per heavy atom. The molecule has 2 fully saturated rings. The van der Waals surface area contributed by atoms with Gasteiger partial charge in [-0.1, -0.05) is 31.4 Å². The van der Waals surface area contributed by atoms with E-state index in [1.807, 2.05) is 4.90 Å². The minimum atomic E-state index is -0.543. The summed E-state index contributed by atoms with van der Waals surface area (Å²) in [5.74, 6) is -0.239. The SMILES string of the molecule is O=C(Cc1cccc(F)c1)N1CCCN(CC2(O)CCCCC2)CC1. The second-order valence-corrected chi connectivity index (χ2v) is 7.60. The number of nitrogens with zero attached hydrogens (tertiary/aromatic N) is 2. The first-order chi connectivity index (χ1) is 12.0. The first kappa shape index (κ1) is 18.3. The standard InChI is InChI=1S/C20H29FN2O2/c21-18-7-4-6-17(14-18)15-19(24)23-11-5-10-22(12-13-23)16-20(25)8-2-1-3-9-20/h4,6-7,14,25H,1-3,5,8-13,15-16H2. The van der Waals surface area contributed by atoms with E-state index in [0.717, 1.165) is 63.8 Å². The first-order valence-corrected chi connectivity index (χ1v) is 9.51. The number of benzene rings is 1. The lowest BCUT2D eigenvalue weighted by molar-refractivity contribution is -0.130. The maximum absolute atomic E-state index is 13.3. The molecule has 0 aromatic heterocycles. The van der Waals surface area contributed by atoms with Crippen LogP contribution in [0.2, 0.25) is 0 Å². The van der Waals surface area contributed by atoms with Gasteiger partial charge in [0.15, 0.2) is 0 Å². The quantitative estimate of drug-likeness (QED) is 0.910. The van der Waals surface area contributed by atoms with Crippen LogP contribution >= 0.6 is 0 Å². The molecule has 25 heavy (non-hydrogen) atoms. The molecular formula is C20H29FN2O2. The van der Waals surface area contributed by atoms with Crippen molar-refractivity contribution in [3.8, 4) is 0 Å². The summed E-state index contributed by atoms with van der Waals surface area (Å²) < 4.78 is 13.3. The number of β-amino-alcohol motifs (C(OH)–C–C–N with tert-alkyl or cyclic N) is 1. The van der Waals surface area contributed by atoms with Crippen molar-refractivity contribution in [1.82, 2.24) is 9.80 Å². The van der Waals surface area contributed by atoms with Gasteiger partial charge < -0.3 is 10.0 Å². The molecule has 1 N–H and O–H groups in total. The third-order valence-electron chi connectivity index (χ3n) is 5.49. The predicted octanol–water partition coefficient (Wildman–Crippen LogP) is 2.60. The summed E-state index contributed by atoms with van der Waals surface area (Å²) in [6.45, 7) is 3.87. The van der Waals surface area contributed by atoms with Crippen LogP contribution in [-0.2, 0) is 11.2 Å². The molecule has 1 aliphatic carbocycles. The highest BCUT2D eigenvalue weighted by Crippen LogP contribution is 2.29. The molecule has 0 atom stereocenters. The summed E-state index contributed by atoms with van der Waals surface area (Å²) in [7, 11) is 0. The largest absolute Gasteiger partial charge is 0.389 e. The van der Waals surface area contributed by atoms with Crippen LogP contribution in [0.5, 0.6) is 0 Å². The van der Waals surface area contributed by atoms with Crippen molar-refractivity contribution in [2.45, 2.75) is 50.5 Å². The van der Waals surface area contributed by atoms with E-state index in [2.05, 4.69) is 4.90 Å². The van der Waals surface area contributed by atoms with Crippen molar-refractivity contribution in [3.05, 3.63) is 35.6 Å². The van der Waals surface area contributed by atoms with Gasteiger partial charge in [-0.3, -0.25) is 9.69 Å². The summed E-state index contributed by atoms with van der Waals surface area (Å²) in [5, 5.41) is 10.8. The smallest absolute Gasteiger partial charge is 0.227 e. The molecule has 1 aliphatic heterocycles. The van der Waals surface area contributed by atoms with Crippen LogP contribution < -0.4 is 0 Å². The average Bonchev–Trinajstić information content (AvgIpc) is 2.81. The van der Waals surface area contributed by atoms with Gasteiger partial charge in [0.2, 0.25) is 5.91 Å². The number of carbonyl (C=O) groups is 1. The van der Waals surface area contributed by atoms with Gasteiger partial charge >= 0.3 is 0 Å². The van der Waals surface area contributed by atoms with Gasteiger partial charge in [0, 0.05) is 32.7 Å². The van der Waals surface area contributed by atoms with Crippen LogP contribution in [0.15, 0.2) is 24.3 Å². The number of hydrogen-bond donors (Lipinski definition) is 1. The van der Waals surface area contributed by atoms with Gasteiger partial charge in [-0.15, -0.1) is 0 Å². The lowest BCUT2D eigenvalue weighted by Crippen LogP contribution is -2.45. The van der Waals surface area contributed by atoms with Crippen molar-refractivity contribution >= 4 is 5.91 Å². The van der Waals surface area contributed by atoms with Gasteiger partial charge in [0.05, 0.1) is 12.0 Å².